The Morgan fingerprint density at radius 1 is 1.03 bits per heavy atom. The number of anilines is 2. The van der Waals surface area contributed by atoms with Crippen LogP contribution in [0.2, 0.25) is 0 Å². The molecule has 1 aliphatic rings. The Labute approximate surface area is 191 Å². The number of benzene rings is 2. The molecule has 4 aromatic rings. The lowest BCUT2D eigenvalue weighted by atomic mass is 10.1. The third kappa shape index (κ3) is 4.07. The fraction of sp³-hybridized carbons (Fsp3) is 0.292. The summed E-state index contributed by atoms with van der Waals surface area (Å²) < 4.78 is 21.7. The SMILES string of the molecule is COc1ccc(-c2nc(N3CCN(Cc4ccccc4)CC3)nc3nn(C)c(N)c23)c(F)c1. The molecule has 2 aromatic heterocycles. The van der Waals surface area contributed by atoms with Crippen molar-refractivity contribution in [3.05, 3.63) is 59.9 Å². The number of hydrogen-bond donors (Lipinski definition) is 1. The van der Waals surface area contributed by atoms with Crippen LogP contribution in [0.5, 0.6) is 5.75 Å². The van der Waals surface area contributed by atoms with Gasteiger partial charge in [-0.2, -0.15) is 10.1 Å². The summed E-state index contributed by atoms with van der Waals surface area (Å²) in [6.45, 7) is 4.21. The van der Waals surface area contributed by atoms with Crippen LogP contribution in [0, 0.1) is 5.82 Å². The van der Waals surface area contributed by atoms with Crippen molar-refractivity contribution in [2.45, 2.75) is 6.54 Å². The first-order valence-corrected chi connectivity index (χ1v) is 10.9. The van der Waals surface area contributed by atoms with Crippen LogP contribution in [-0.4, -0.2) is 57.9 Å². The van der Waals surface area contributed by atoms with Crippen molar-refractivity contribution in [3.63, 3.8) is 0 Å². The predicted octanol–water partition coefficient (Wildman–Crippen LogP) is 3.08. The number of aryl methyl sites for hydroxylation is 1. The molecule has 2 aromatic carbocycles. The van der Waals surface area contributed by atoms with E-state index in [1.54, 1.807) is 23.9 Å². The number of nitrogens with zero attached hydrogens (tertiary/aromatic N) is 6. The molecule has 0 spiro atoms. The molecular weight excluding hydrogens is 421 g/mol. The van der Waals surface area contributed by atoms with E-state index in [-0.39, 0.29) is 0 Å². The number of rotatable bonds is 5. The first-order chi connectivity index (χ1) is 16.0. The second-order valence-electron chi connectivity index (χ2n) is 8.17. The molecule has 1 aliphatic heterocycles. The first-order valence-electron chi connectivity index (χ1n) is 10.9. The number of methoxy groups -OCH3 is 1. The number of nitrogens with two attached hydrogens (primary N) is 1. The Morgan fingerprint density at radius 2 is 1.79 bits per heavy atom. The fourth-order valence-electron chi connectivity index (χ4n) is 4.20. The van der Waals surface area contributed by atoms with E-state index in [2.05, 4.69) is 44.1 Å². The summed E-state index contributed by atoms with van der Waals surface area (Å²) in [5.41, 5.74) is 8.78. The van der Waals surface area contributed by atoms with Crippen molar-refractivity contribution in [1.29, 1.82) is 0 Å². The van der Waals surface area contributed by atoms with Gasteiger partial charge in [-0.1, -0.05) is 30.3 Å². The quantitative estimate of drug-likeness (QED) is 0.503. The predicted molar refractivity (Wildman–Crippen MR) is 127 cm³/mol. The van der Waals surface area contributed by atoms with Gasteiger partial charge in [0.2, 0.25) is 5.95 Å². The smallest absolute Gasteiger partial charge is 0.228 e. The molecule has 0 radical (unpaired) electrons. The average Bonchev–Trinajstić information content (AvgIpc) is 3.13. The lowest BCUT2D eigenvalue weighted by Gasteiger charge is -2.34. The van der Waals surface area contributed by atoms with Gasteiger partial charge in [-0.05, 0) is 17.7 Å². The van der Waals surface area contributed by atoms with E-state index in [9.17, 15) is 4.39 Å². The minimum atomic E-state index is -0.434. The fourth-order valence-corrected chi connectivity index (χ4v) is 4.20. The molecule has 2 N–H and O–H groups in total. The van der Waals surface area contributed by atoms with Gasteiger partial charge in [0.15, 0.2) is 5.65 Å². The third-order valence-corrected chi connectivity index (χ3v) is 6.06. The zero-order valence-electron chi connectivity index (χ0n) is 18.7. The van der Waals surface area contributed by atoms with Crippen molar-refractivity contribution in [2.75, 3.05) is 43.9 Å². The minimum Gasteiger partial charge on any atom is -0.497 e. The summed E-state index contributed by atoms with van der Waals surface area (Å²) in [6, 6.07) is 15.2. The molecule has 0 unspecified atom stereocenters. The summed E-state index contributed by atoms with van der Waals surface area (Å²) in [7, 11) is 3.25. The van der Waals surface area contributed by atoms with E-state index < -0.39 is 5.82 Å². The van der Waals surface area contributed by atoms with Gasteiger partial charge >= 0.3 is 0 Å². The summed E-state index contributed by atoms with van der Waals surface area (Å²) in [4.78, 5) is 14.0. The largest absolute Gasteiger partial charge is 0.497 e. The van der Waals surface area contributed by atoms with Crippen LogP contribution in [0.15, 0.2) is 48.5 Å². The molecule has 0 amide bonds. The Hall–Kier alpha value is -3.72. The van der Waals surface area contributed by atoms with Crippen molar-refractivity contribution in [2.24, 2.45) is 7.05 Å². The number of hydrogen-bond acceptors (Lipinski definition) is 7. The number of aromatic nitrogens is 4. The van der Waals surface area contributed by atoms with Gasteiger partial charge in [0.1, 0.15) is 17.4 Å². The van der Waals surface area contributed by atoms with E-state index in [4.69, 9.17) is 15.5 Å². The number of nitrogen functional groups attached to an aromatic ring is 1. The van der Waals surface area contributed by atoms with Crippen LogP contribution in [-0.2, 0) is 13.6 Å². The van der Waals surface area contributed by atoms with Crippen LogP contribution in [0.3, 0.4) is 0 Å². The van der Waals surface area contributed by atoms with Crippen LogP contribution in [0.1, 0.15) is 5.56 Å². The monoisotopic (exact) mass is 447 g/mol. The molecule has 5 rings (SSSR count). The second kappa shape index (κ2) is 8.67. The Morgan fingerprint density at radius 3 is 2.48 bits per heavy atom. The molecule has 0 aliphatic carbocycles. The second-order valence-corrected chi connectivity index (χ2v) is 8.17. The van der Waals surface area contributed by atoms with Gasteiger partial charge in [0.25, 0.3) is 0 Å². The molecule has 0 atom stereocenters. The van der Waals surface area contributed by atoms with Crippen molar-refractivity contribution in [3.8, 4) is 17.0 Å². The topological polar surface area (TPSA) is 85.3 Å². The minimum absolute atomic E-state index is 0.340. The molecular formula is C24H26FN7O. The summed E-state index contributed by atoms with van der Waals surface area (Å²) >= 11 is 0. The zero-order valence-corrected chi connectivity index (χ0v) is 18.7. The maximum Gasteiger partial charge on any atom is 0.228 e. The molecule has 0 saturated carbocycles. The van der Waals surface area contributed by atoms with Crippen LogP contribution >= 0.6 is 0 Å². The van der Waals surface area contributed by atoms with Gasteiger partial charge in [-0.15, -0.1) is 0 Å². The van der Waals surface area contributed by atoms with Gasteiger partial charge in [-0.25, -0.2) is 9.37 Å². The summed E-state index contributed by atoms with van der Waals surface area (Å²) in [5, 5.41) is 4.99. The molecule has 1 saturated heterocycles. The molecule has 33 heavy (non-hydrogen) atoms. The number of fused-ring (bicyclic) bond motifs is 1. The zero-order chi connectivity index (χ0) is 22.9. The van der Waals surface area contributed by atoms with Gasteiger partial charge in [-0.3, -0.25) is 9.58 Å². The normalized spacial score (nSPS) is 14.7. The molecule has 9 heteroatoms. The van der Waals surface area contributed by atoms with Gasteiger partial charge < -0.3 is 15.4 Å². The highest BCUT2D eigenvalue weighted by Crippen LogP contribution is 2.34. The third-order valence-electron chi connectivity index (χ3n) is 6.06. The van der Waals surface area contributed by atoms with Crippen LogP contribution < -0.4 is 15.4 Å². The van der Waals surface area contributed by atoms with Gasteiger partial charge in [0, 0.05) is 51.4 Å². The maximum absolute atomic E-state index is 15.0. The van der Waals surface area contributed by atoms with Crippen molar-refractivity contribution >= 4 is 22.8 Å². The van der Waals surface area contributed by atoms with E-state index in [0.29, 0.717) is 39.8 Å². The Kier molecular flexibility index (Phi) is 5.55. The summed E-state index contributed by atoms with van der Waals surface area (Å²) in [5.74, 6) is 0.936. The highest BCUT2D eigenvalue weighted by Gasteiger charge is 2.24. The number of piperazine rings is 1. The number of halogens is 1. The summed E-state index contributed by atoms with van der Waals surface area (Å²) in [6.07, 6.45) is 0. The molecule has 3 heterocycles. The lowest BCUT2D eigenvalue weighted by molar-refractivity contribution is 0.249. The van der Waals surface area contributed by atoms with Crippen LogP contribution in [0.25, 0.3) is 22.3 Å². The van der Waals surface area contributed by atoms with Crippen molar-refractivity contribution in [1.82, 2.24) is 24.6 Å². The highest BCUT2D eigenvalue weighted by atomic mass is 19.1. The van der Waals surface area contributed by atoms with E-state index in [0.717, 1.165) is 32.7 Å². The Bertz CT molecular complexity index is 1280. The molecule has 1 fully saturated rings. The number of ether oxygens (including phenoxy) is 1. The van der Waals surface area contributed by atoms with E-state index in [1.165, 1.54) is 18.7 Å². The maximum atomic E-state index is 15.0. The molecule has 0 bridgehead atoms. The van der Waals surface area contributed by atoms with Crippen molar-refractivity contribution < 1.29 is 9.13 Å². The van der Waals surface area contributed by atoms with E-state index >= 15 is 0 Å². The Balaban J connectivity index is 1.46. The van der Waals surface area contributed by atoms with Gasteiger partial charge in [0.05, 0.1) is 18.2 Å². The lowest BCUT2D eigenvalue weighted by Crippen LogP contribution is -2.46. The van der Waals surface area contributed by atoms with Crippen LogP contribution in [0.4, 0.5) is 16.2 Å². The average molecular weight is 448 g/mol. The molecule has 8 nitrogen and oxygen atoms in total. The molecule has 170 valence electrons. The van der Waals surface area contributed by atoms with E-state index in [1.807, 2.05) is 6.07 Å². The first kappa shape index (κ1) is 21.1. The highest BCUT2D eigenvalue weighted by molar-refractivity contribution is 5.99. The standard InChI is InChI=1S/C24H26FN7O/c1-30-22(26)20-21(18-9-8-17(33-2)14-19(18)25)27-24(28-23(20)29-30)32-12-10-31(11-13-32)15-16-6-4-3-5-7-16/h3-9,14H,10-13,15,26H2,1-2H3.